The highest BCUT2D eigenvalue weighted by atomic mass is 32.2. The van der Waals surface area contributed by atoms with E-state index >= 15 is 0 Å². The SMILES string of the molecule is CN1SN(CC2CC2)c2ccc(-c3ccc(C#N)cc3)cc21. The van der Waals surface area contributed by atoms with E-state index in [4.69, 9.17) is 5.26 Å². The van der Waals surface area contributed by atoms with Crippen molar-refractivity contribution in [1.82, 2.24) is 0 Å². The molecule has 1 aliphatic heterocycles. The van der Waals surface area contributed by atoms with Crippen molar-refractivity contribution in [3.05, 3.63) is 48.0 Å². The highest BCUT2D eigenvalue weighted by Gasteiger charge is 2.31. The first-order valence-corrected chi connectivity index (χ1v) is 8.31. The smallest absolute Gasteiger partial charge is 0.0991 e. The van der Waals surface area contributed by atoms with E-state index in [1.165, 1.54) is 29.8 Å². The van der Waals surface area contributed by atoms with Crippen molar-refractivity contribution in [3.63, 3.8) is 0 Å². The molecule has 4 rings (SSSR count). The molecule has 110 valence electrons. The molecule has 0 unspecified atom stereocenters. The van der Waals surface area contributed by atoms with Gasteiger partial charge < -0.3 is 0 Å². The average Bonchev–Trinajstić information content (AvgIpc) is 3.32. The van der Waals surface area contributed by atoms with Gasteiger partial charge in [0.25, 0.3) is 0 Å². The molecule has 0 aromatic heterocycles. The number of nitriles is 1. The maximum Gasteiger partial charge on any atom is 0.0991 e. The number of hydrogen-bond donors (Lipinski definition) is 0. The number of rotatable bonds is 3. The van der Waals surface area contributed by atoms with Crippen LogP contribution >= 0.6 is 12.1 Å². The van der Waals surface area contributed by atoms with E-state index in [9.17, 15) is 0 Å². The van der Waals surface area contributed by atoms with Gasteiger partial charge in [0.15, 0.2) is 0 Å². The lowest BCUT2D eigenvalue weighted by molar-refractivity contribution is 0.852. The molecule has 3 nitrogen and oxygen atoms in total. The minimum atomic E-state index is 0.702. The van der Waals surface area contributed by atoms with Gasteiger partial charge in [-0.05, 0) is 54.2 Å². The number of benzene rings is 2. The van der Waals surface area contributed by atoms with Crippen LogP contribution in [-0.4, -0.2) is 13.6 Å². The van der Waals surface area contributed by atoms with Crippen molar-refractivity contribution in [1.29, 1.82) is 5.26 Å². The van der Waals surface area contributed by atoms with E-state index in [2.05, 4.69) is 39.9 Å². The predicted molar refractivity (Wildman–Crippen MR) is 92.7 cm³/mol. The van der Waals surface area contributed by atoms with Gasteiger partial charge in [0.05, 0.1) is 35.1 Å². The Bertz CT molecular complexity index is 744. The minimum Gasteiger partial charge on any atom is -0.300 e. The van der Waals surface area contributed by atoms with Crippen LogP contribution in [-0.2, 0) is 0 Å². The predicted octanol–water partition coefficient (Wildman–Crippen LogP) is 4.45. The molecule has 1 aliphatic carbocycles. The summed E-state index contributed by atoms with van der Waals surface area (Å²) in [4.78, 5) is 0. The summed E-state index contributed by atoms with van der Waals surface area (Å²) in [5.41, 5.74) is 5.64. The van der Waals surface area contributed by atoms with Crippen LogP contribution in [0.1, 0.15) is 18.4 Å². The van der Waals surface area contributed by atoms with Crippen LogP contribution in [0.5, 0.6) is 0 Å². The molecule has 0 N–H and O–H groups in total. The molecule has 0 amide bonds. The summed E-state index contributed by atoms with van der Waals surface area (Å²) in [7, 11) is 2.12. The molecule has 0 bridgehead atoms. The van der Waals surface area contributed by atoms with Gasteiger partial charge in [-0.3, -0.25) is 8.61 Å². The van der Waals surface area contributed by atoms with Gasteiger partial charge >= 0.3 is 0 Å². The van der Waals surface area contributed by atoms with Crippen LogP contribution in [0, 0.1) is 17.2 Å². The second-order valence-corrected chi connectivity index (χ2v) is 7.13. The summed E-state index contributed by atoms with van der Waals surface area (Å²) in [5.74, 6) is 0.880. The van der Waals surface area contributed by atoms with E-state index in [1.54, 1.807) is 12.1 Å². The molecule has 22 heavy (non-hydrogen) atoms. The minimum absolute atomic E-state index is 0.702. The first-order chi connectivity index (χ1) is 10.7. The maximum atomic E-state index is 8.90. The van der Waals surface area contributed by atoms with Gasteiger partial charge in [0.1, 0.15) is 0 Å². The summed E-state index contributed by atoms with van der Waals surface area (Å²) in [6, 6.07) is 16.6. The fraction of sp³-hybridized carbons (Fsp3) is 0.278. The van der Waals surface area contributed by atoms with E-state index < -0.39 is 0 Å². The Balaban J connectivity index is 1.65. The van der Waals surface area contributed by atoms with Crippen LogP contribution in [0.4, 0.5) is 11.4 Å². The third-order valence-electron chi connectivity index (χ3n) is 4.27. The molecule has 1 saturated carbocycles. The standard InChI is InChI=1S/C18H17N3S/c1-20-18-10-16(15-6-4-13(11-19)5-7-15)8-9-17(18)21(22-20)12-14-2-3-14/h4-10,14H,2-3,12H2,1H3. The van der Waals surface area contributed by atoms with Crippen LogP contribution in [0.2, 0.25) is 0 Å². The normalized spacial score (nSPS) is 16.5. The molecule has 0 atom stereocenters. The van der Waals surface area contributed by atoms with Gasteiger partial charge in [-0.25, -0.2) is 0 Å². The Labute approximate surface area is 135 Å². The Morgan fingerprint density at radius 2 is 1.82 bits per heavy atom. The molecule has 0 spiro atoms. The summed E-state index contributed by atoms with van der Waals surface area (Å²) in [6.45, 7) is 1.15. The van der Waals surface area contributed by atoms with Gasteiger partial charge in [-0.2, -0.15) is 5.26 Å². The number of hydrogen-bond acceptors (Lipinski definition) is 4. The molecule has 1 fully saturated rings. The Kier molecular flexibility index (Phi) is 3.24. The Morgan fingerprint density at radius 3 is 2.50 bits per heavy atom. The molecule has 2 aromatic carbocycles. The average molecular weight is 307 g/mol. The van der Waals surface area contributed by atoms with E-state index in [0.29, 0.717) is 5.56 Å². The first-order valence-electron chi connectivity index (χ1n) is 7.58. The Hall–Kier alpha value is -2.12. The van der Waals surface area contributed by atoms with Gasteiger partial charge in [0, 0.05) is 13.6 Å². The number of anilines is 2. The lowest BCUT2D eigenvalue weighted by Gasteiger charge is -2.16. The van der Waals surface area contributed by atoms with Crippen molar-refractivity contribution >= 4 is 23.5 Å². The summed E-state index contributed by atoms with van der Waals surface area (Å²) < 4.78 is 4.65. The quantitative estimate of drug-likeness (QED) is 0.784. The van der Waals surface area contributed by atoms with Crippen LogP contribution < -0.4 is 8.61 Å². The van der Waals surface area contributed by atoms with Crippen LogP contribution in [0.15, 0.2) is 42.5 Å². The fourth-order valence-electron chi connectivity index (χ4n) is 2.81. The second kappa shape index (κ2) is 5.26. The zero-order valence-corrected chi connectivity index (χ0v) is 13.3. The Morgan fingerprint density at radius 1 is 1.09 bits per heavy atom. The van der Waals surface area contributed by atoms with Gasteiger partial charge in [-0.15, -0.1) is 0 Å². The van der Waals surface area contributed by atoms with Crippen molar-refractivity contribution < 1.29 is 0 Å². The number of fused-ring (bicyclic) bond motifs is 1. The molecule has 0 saturated heterocycles. The molecular weight excluding hydrogens is 290 g/mol. The van der Waals surface area contributed by atoms with Gasteiger partial charge in [-0.1, -0.05) is 18.2 Å². The summed E-state index contributed by atoms with van der Waals surface area (Å²) in [5, 5.41) is 8.90. The summed E-state index contributed by atoms with van der Waals surface area (Å²) >= 11 is 1.80. The number of nitrogens with zero attached hydrogens (tertiary/aromatic N) is 3. The topological polar surface area (TPSA) is 30.3 Å². The molecule has 1 heterocycles. The molecule has 4 heteroatoms. The van der Waals surface area contributed by atoms with Crippen molar-refractivity contribution in [2.75, 3.05) is 22.2 Å². The van der Waals surface area contributed by atoms with Crippen LogP contribution in [0.3, 0.4) is 0 Å². The zero-order chi connectivity index (χ0) is 15.1. The van der Waals surface area contributed by atoms with Crippen LogP contribution in [0.25, 0.3) is 11.1 Å². The third kappa shape index (κ3) is 2.42. The lowest BCUT2D eigenvalue weighted by Crippen LogP contribution is -2.16. The van der Waals surface area contributed by atoms with E-state index in [1.807, 2.05) is 24.3 Å². The second-order valence-electron chi connectivity index (χ2n) is 5.98. The maximum absolute atomic E-state index is 8.90. The van der Waals surface area contributed by atoms with Crippen molar-refractivity contribution in [2.45, 2.75) is 12.8 Å². The monoisotopic (exact) mass is 307 g/mol. The molecule has 2 aromatic rings. The summed E-state index contributed by atoms with van der Waals surface area (Å²) in [6.07, 6.45) is 2.75. The molecular formula is C18H17N3S. The van der Waals surface area contributed by atoms with Gasteiger partial charge in [0.2, 0.25) is 0 Å². The van der Waals surface area contributed by atoms with Crippen molar-refractivity contribution in [2.24, 2.45) is 5.92 Å². The first kappa shape index (κ1) is 13.5. The third-order valence-corrected chi connectivity index (χ3v) is 5.26. The molecule has 0 radical (unpaired) electrons. The molecule has 2 aliphatic rings. The fourth-order valence-corrected chi connectivity index (χ4v) is 3.86. The highest BCUT2D eigenvalue weighted by Crippen LogP contribution is 2.47. The van der Waals surface area contributed by atoms with E-state index in [-0.39, 0.29) is 0 Å². The zero-order valence-electron chi connectivity index (χ0n) is 12.5. The van der Waals surface area contributed by atoms with Crippen molar-refractivity contribution in [3.8, 4) is 17.2 Å². The van der Waals surface area contributed by atoms with E-state index in [0.717, 1.165) is 18.0 Å². The largest absolute Gasteiger partial charge is 0.300 e. The lowest BCUT2D eigenvalue weighted by atomic mass is 10.0. The highest BCUT2D eigenvalue weighted by molar-refractivity contribution is 8.02.